The normalized spacial score (nSPS) is 14.4. The first-order valence-electron chi connectivity index (χ1n) is 12.2. The lowest BCUT2D eigenvalue weighted by molar-refractivity contribution is -0.384. The quantitative estimate of drug-likeness (QED) is 0.282. The standard InChI is InChI=1S/C28H28N6O3/c1-30-15-6-10-26(30)25-21-27(33(29-25)23-11-13-24(14-12-23)34(36)37)28(35)32-19-17-31(18-20-32)16-5-9-22-7-3-2-4-8-22/h2-15,21H,16-20H2,1H3. The van der Waals surface area contributed by atoms with E-state index < -0.39 is 4.92 Å². The minimum absolute atomic E-state index is 0.0103. The van der Waals surface area contributed by atoms with Crippen LogP contribution in [0.25, 0.3) is 23.2 Å². The van der Waals surface area contributed by atoms with Crippen molar-refractivity contribution < 1.29 is 9.72 Å². The third-order valence-corrected chi connectivity index (χ3v) is 6.57. The lowest BCUT2D eigenvalue weighted by Gasteiger charge is -2.34. The number of hydrogen-bond donors (Lipinski definition) is 0. The van der Waals surface area contributed by atoms with Gasteiger partial charge in [-0.25, -0.2) is 4.68 Å². The zero-order chi connectivity index (χ0) is 25.8. The van der Waals surface area contributed by atoms with Crippen molar-refractivity contribution in [3.8, 4) is 17.1 Å². The Labute approximate surface area is 215 Å². The maximum Gasteiger partial charge on any atom is 0.272 e. The molecule has 1 amide bonds. The summed E-state index contributed by atoms with van der Waals surface area (Å²) >= 11 is 0. The van der Waals surface area contributed by atoms with E-state index in [9.17, 15) is 14.9 Å². The number of non-ortho nitro benzene ring substituents is 1. The highest BCUT2D eigenvalue weighted by Crippen LogP contribution is 2.24. The molecular formula is C28H28N6O3. The van der Waals surface area contributed by atoms with Gasteiger partial charge in [0.2, 0.25) is 0 Å². The average molecular weight is 497 g/mol. The van der Waals surface area contributed by atoms with Gasteiger partial charge in [0.15, 0.2) is 0 Å². The minimum atomic E-state index is -0.442. The number of carbonyl (C=O) groups excluding carboxylic acids is 1. The number of hydrogen-bond acceptors (Lipinski definition) is 5. The first kappa shape index (κ1) is 24.2. The number of nitro groups is 1. The lowest BCUT2D eigenvalue weighted by Crippen LogP contribution is -2.49. The molecule has 1 aliphatic heterocycles. The molecule has 1 aliphatic rings. The van der Waals surface area contributed by atoms with Crippen molar-refractivity contribution in [1.29, 1.82) is 0 Å². The Morgan fingerprint density at radius 3 is 2.38 bits per heavy atom. The van der Waals surface area contributed by atoms with E-state index in [1.165, 1.54) is 17.7 Å². The van der Waals surface area contributed by atoms with E-state index in [2.05, 4.69) is 29.2 Å². The van der Waals surface area contributed by atoms with Crippen LogP contribution in [0.5, 0.6) is 0 Å². The number of amides is 1. The number of nitro benzene ring substituents is 1. The molecule has 0 saturated carbocycles. The van der Waals surface area contributed by atoms with Crippen molar-refractivity contribution in [2.45, 2.75) is 0 Å². The first-order valence-corrected chi connectivity index (χ1v) is 12.2. The molecule has 1 fully saturated rings. The van der Waals surface area contributed by atoms with Crippen molar-refractivity contribution in [3.63, 3.8) is 0 Å². The fourth-order valence-electron chi connectivity index (χ4n) is 4.50. The molecule has 9 heteroatoms. The fourth-order valence-corrected chi connectivity index (χ4v) is 4.50. The van der Waals surface area contributed by atoms with E-state index in [0.29, 0.717) is 30.2 Å². The van der Waals surface area contributed by atoms with Crippen molar-refractivity contribution >= 4 is 17.7 Å². The zero-order valence-electron chi connectivity index (χ0n) is 20.6. The summed E-state index contributed by atoms with van der Waals surface area (Å²) in [4.78, 5) is 28.5. The van der Waals surface area contributed by atoms with E-state index in [-0.39, 0.29) is 11.6 Å². The summed E-state index contributed by atoms with van der Waals surface area (Å²) in [7, 11) is 1.92. The SMILES string of the molecule is Cn1cccc1-c1cc(C(=O)N2CCN(CC=Cc3ccccc3)CC2)n(-c2ccc([N+](=O)[O-])cc2)n1. The van der Waals surface area contributed by atoms with Crippen molar-refractivity contribution in [2.75, 3.05) is 32.7 Å². The fraction of sp³-hybridized carbons (Fsp3) is 0.214. The van der Waals surface area contributed by atoms with Gasteiger partial charge < -0.3 is 9.47 Å². The average Bonchev–Trinajstić information content (AvgIpc) is 3.55. The van der Waals surface area contributed by atoms with Gasteiger partial charge >= 0.3 is 0 Å². The number of benzene rings is 2. The van der Waals surface area contributed by atoms with Gasteiger partial charge in [-0.3, -0.25) is 19.8 Å². The molecule has 0 radical (unpaired) electrons. The molecule has 2 aromatic heterocycles. The first-order chi connectivity index (χ1) is 18.0. The molecule has 0 atom stereocenters. The summed E-state index contributed by atoms with van der Waals surface area (Å²) in [5.74, 6) is -0.106. The second-order valence-electron chi connectivity index (χ2n) is 9.01. The summed E-state index contributed by atoms with van der Waals surface area (Å²) in [5.41, 5.74) is 3.74. The molecule has 188 valence electrons. The number of piperazine rings is 1. The van der Waals surface area contributed by atoms with Crippen molar-refractivity contribution in [1.82, 2.24) is 24.1 Å². The highest BCUT2D eigenvalue weighted by atomic mass is 16.6. The molecule has 4 aromatic rings. The topological polar surface area (TPSA) is 89.4 Å². The van der Waals surface area contributed by atoms with E-state index in [1.54, 1.807) is 22.9 Å². The smallest absolute Gasteiger partial charge is 0.272 e. The number of carbonyl (C=O) groups is 1. The molecule has 0 spiro atoms. The monoisotopic (exact) mass is 496 g/mol. The Balaban J connectivity index is 1.33. The van der Waals surface area contributed by atoms with Crippen LogP contribution < -0.4 is 0 Å². The second kappa shape index (κ2) is 10.6. The van der Waals surface area contributed by atoms with E-state index in [4.69, 9.17) is 5.10 Å². The maximum atomic E-state index is 13.7. The summed E-state index contributed by atoms with van der Waals surface area (Å²) in [5, 5.41) is 15.8. The minimum Gasteiger partial charge on any atom is -0.349 e. The molecule has 5 rings (SSSR count). The van der Waals surface area contributed by atoms with Crippen LogP contribution in [0.2, 0.25) is 0 Å². The third kappa shape index (κ3) is 5.36. The molecule has 2 aromatic carbocycles. The Morgan fingerprint density at radius 2 is 1.73 bits per heavy atom. The summed E-state index contributed by atoms with van der Waals surface area (Å²) < 4.78 is 3.53. The van der Waals surface area contributed by atoms with Crippen LogP contribution >= 0.6 is 0 Å². The largest absolute Gasteiger partial charge is 0.349 e. The van der Waals surface area contributed by atoms with Crippen LogP contribution in [-0.4, -0.2) is 67.7 Å². The van der Waals surface area contributed by atoms with E-state index in [1.807, 2.05) is 53.0 Å². The molecule has 3 heterocycles. The maximum absolute atomic E-state index is 13.7. The predicted octanol–water partition coefficient (Wildman–Crippen LogP) is 4.26. The molecule has 0 unspecified atom stereocenters. The summed E-state index contributed by atoms with van der Waals surface area (Å²) in [6.07, 6.45) is 6.20. The summed E-state index contributed by atoms with van der Waals surface area (Å²) in [6, 6.07) is 22.0. The van der Waals surface area contributed by atoms with Crippen LogP contribution in [0.4, 0.5) is 5.69 Å². The van der Waals surface area contributed by atoms with E-state index >= 15 is 0 Å². The molecule has 0 N–H and O–H groups in total. The van der Waals surface area contributed by atoms with Gasteiger partial charge in [0.25, 0.3) is 11.6 Å². The van der Waals surface area contributed by atoms with Gasteiger partial charge in [-0.1, -0.05) is 42.5 Å². The summed E-state index contributed by atoms with van der Waals surface area (Å²) in [6.45, 7) is 3.61. The highest BCUT2D eigenvalue weighted by Gasteiger charge is 2.26. The van der Waals surface area contributed by atoms with Gasteiger partial charge in [0, 0.05) is 58.1 Å². The molecular weight excluding hydrogens is 468 g/mol. The van der Waals surface area contributed by atoms with Gasteiger partial charge in [-0.15, -0.1) is 0 Å². The molecule has 0 aliphatic carbocycles. The van der Waals surface area contributed by atoms with Gasteiger partial charge in [0.1, 0.15) is 11.4 Å². The lowest BCUT2D eigenvalue weighted by atomic mass is 10.2. The number of rotatable bonds is 7. The van der Waals surface area contributed by atoms with Gasteiger partial charge in [-0.05, 0) is 35.9 Å². The Kier molecular flexibility index (Phi) is 6.96. The Bertz CT molecular complexity index is 1410. The zero-order valence-corrected chi connectivity index (χ0v) is 20.6. The third-order valence-electron chi connectivity index (χ3n) is 6.57. The molecule has 0 bridgehead atoms. The van der Waals surface area contributed by atoms with Crippen LogP contribution in [0, 0.1) is 10.1 Å². The molecule has 1 saturated heterocycles. The van der Waals surface area contributed by atoms with Crippen molar-refractivity contribution in [2.24, 2.45) is 7.05 Å². The van der Waals surface area contributed by atoms with Gasteiger partial charge in [-0.2, -0.15) is 5.10 Å². The van der Waals surface area contributed by atoms with Crippen LogP contribution in [0.1, 0.15) is 16.1 Å². The highest BCUT2D eigenvalue weighted by molar-refractivity contribution is 5.94. The second-order valence-corrected chi connectivity index (χ2v) is 9.01. The van der Waals surface area contributed by atoms with Crippen LogP contribution in [0.3, 0.4) is 0 Å². The number of aryl methyl sites for hydroxylation is 1. The molecule has 9 nitrogen and oxygen atoms in total. The number of aromatic nitrogens is 3. The Morgan fingerprint density at radius 1 is 1.00 bits per heavy atom. The van der Waals surface area contributed by atoms with Crippen molar-refractivity contribution in [3.05, 3.63) is 106 Å². The predicted molar refractivity (Wildman–Crippen MR) is 142 cm³/mol. The van der Waals surface area contributed by atoms with E-state index in [0.717, 1.165) is 25.3 Å². The van der Waals surface area contributed by atoms with Crippen LogP contribution in [0.15, 0.2) is 85.1 Å². The molecule has 37 heavy (non-hydrogen) atoms. The Hall–Kier alpha value is -4.50. The number of nitrogens with zero attached hydrogens (tertiary/aromatic N) is 6. The van der Waals surface area contributed by atoms with Gasteiger partial charge in [0.05, 0.1) is 16.3 Å². The van der Waals surface area contributed by atoms with Crippen LogP contribution in [-0.2, 0) is 7.05 Å².